The van der Waals surface area contributed by atoms with Crippen molar-refractivity contribution in [1.29, 1.82) is 0 Å². The lowest BCUT2D eigenvalue weighted by Crippen LogP contribution is -1.99. The van der Waals surface area contributed by atoms with Gasteiger partial charge in [-0.05, 0) is 35.7 Å². The molecular formula is C18H18ClN3O. The van der Waals surface area contributed by atoms with Crippen LogP contribution in [0.2, 0.25) is 5.02 Å². The minimum absolute atomic E-state index is 0.482. The van der Waals surface area contributed by atoms with Crippen molar-refractivity contribution in [2.75, 3.05) is 5.73 Å². The molecule has 4 nitrogen and oxygen atoms in total. The van der Waals surface area contributed by atoms with Crippen LogP contribution in [-0.2, 0) is 13.7 Å². The Kier molecular flexibility index (Phi) is 4.26. The molecule has 1 aromatic heterocycles. The predicted molar refractivity (Wildman–Crippen MR) is 93.6 cm³/mol. The van der Waals surface area contributed by atoms with Gasteiger partial charge in [-0.1, -0.05) is 41.9 Å². The van der Waals surface area contributed by atoms with Gasteiger partial charge in [0.15, 0.2) is 0 Å². The number of aryl methyl sites for hydroxylation is 2. The Morgan fingerprint density at radius 1 is 1.22 bits per heavy atom. The van der Waals surface area contributed by atoms with Gasteiger partial charge in [0.05, 0.1) is 11.2 Å². The summed E-state index contributed by atoms with van der Waals surface area (Å²) in [7, 11) is 1.81. The van der Waals surface area contributed by atoms with Crippen LogP contribution in [-0.4, -0.2) is 9.78 Å². The zero-order valence-electron chi connectivity index (χ0n) is 13.1. The molecule has 0 bridgehead atoms. The molecule has 0 atom stereocenters. The first-order valence-corrected chi connectivity index (χ1v) is 7.69. The topological polar surface area (TPSA) is 53.1 Å². The van der Waals surface area contributed by atoms with Crippen LogP contribution in [0.25, 0.3) is 11.1 Å². The SMILES string of the molecule is Cc1cc(-c2cnn(C)c2N)cc(Cl)c1OCc1ccccc1. The van der Waals surface area contributed by atoms with E-state index < -0.39 is 0 Å². The van der Waals surface area contributed by atoms with E-state index in [1.54, 1.807) is 10.9 Å². The summed E-state index contributed by atoms with van der Waals surface area (Å²) in [4.78, 5) is 0. The van der Waals surface area contributed by atoms with Gasteiger partial charge in [0.25, 0.3) is 0 Å². The maximum absolute atomic E-state index is 6.42. The van der Waals surface area contributed by atoms with Gasteiger partial charge in [-0.15, -0.1) is 0 Å². The van der Waals surface area contributed by atoms with Crippen molar-refractivity contribution >= 4 is 17.4 Å². The number of hydrogen-bond donors (Lipinski definition) is 1. The fraction of sp³-hybridized carbons (Fsp3) is 0.167. The predicted octanol–water partition coefficient (Wildman–Crippen LogP) is 4.21. The van der Waals surface area contributed by atoms with Crippen LogP contribution in [0.4, 0.5) is 5.82 Å². The summed E-state index contributed by atoms with van der Waals surface area (Å²) in [5.74, 6) is 1.31. The zero-order chi connectivity index (χ0) is 16.4. The van der Waals surface area contributed by atoms with E-state index in [2.05, 4.69) is 5.10 Å². The number of ether oxygens (including phenoxy) is 1. The molecule has 23 heavy (non-hydrogen) atoms. The quantitative estimate of drug-likeness (QED) is 0.781. The molecule has 0 spiro atoms. The Bertz CT molecular complexity index is 805. The average molecular weight is 328 g/mol. The van der Waals surface area contributed by atoms with Crippen molar-refractivity contribution in [2.45, 2.75) is 13.5 Å². The monoisotopic (exact) mass is 327 g/mol. The summed E-state index contributed by atoms with van der Waals surface area (Å²) in [5, 5.41) is 4.74. The third-order valence-electron chi connectivity index (χ3n) is 3.75. The first kappa shape index (κ1) is 15.4. The van der Waals surface area contributed by atoms with Crippen molar-refractivity contribution in [3.05, 3.63) is 64.8 Å². The summed E-state index contributed by atoms with van der Waals surface area (Å²) >= 11 is 6.42. The number of nitrogens with two attached hydrogens (primary N) is 1. The Morgan fingerprint density at radius 2 is 1.96 bits per heavy atom. The molecule has 2 aromatic carbocycles. The van der Waals surface area contributed by atoms with Crippen molar-refractivity contribution in [3.63, 3.8) is 0 Å². The largest absolute Gasteiger partial charge is 0.487 e. The van der Waals surface area contributed by atoms with Crippen LogP contribution in [0.3, 0.4) is 0 Å². The molecule has 0 radical (unpaired) electrons. The average Bonchev–Trinajstić information content (AvgIpc) is 2.87. The summed E-state index contributed by atoms with van der Waals surface area (Å²) < 4.78 is 7.53. The minimum atomic E-state index is 0.482. The molecule has 0 aliphatic heterocycles. The second kappa shape index (κ2) is 6.34. The van der Waals surface area contributed by atoms with Crippen LogP contribution in [0.5, 0.6) is 5.75 Å². The van der Waals surface area contributed by atoms with Crippen LogP contribution in [0, 0.1) is 6.92 Å². The lowest BCUT2D eigenvalue weighted by Gasteiger charge is -2.13. The van der Waals surface area contributed by atoms with Gasteiger partial charge in [0.2, 0.25) is 0 Å². The maximum atomic E-state index is 6.42. The van der Waals surface area contributed by atoms with Gasteiger partial charge in [0.1, 0.15) is 18.2 Å². The molecular weight excluding hydrogens is 310 g/mol. The van der Waals surface area contributed by atoms with E-state index in [1.165, 1.54) is 0 Å². The van der Waals surface area contributed by atoms with E-state index in [0.29, 0.717) is 23.2 Å². The third kappa shape index (κ3) is 3.17. The standard InChI is InChI=1S/C18H18ClN3O/c1-12-8-14(15-10-21-22(2)18(15)20)9-16(19)17(12)23-11-13-6-4-3-5-7-13/h3-10H,11,20H2,1-2H3. The van der Waals surface area contributed by atoms with Crippen LogP contribution in [0.15, 0.2) is 48.7 Å². The third-order valence-corrected chi connectivity index (χ3v) is 4.03. The Morgan fingerprint density at radius 3 is 2.57 bits per heavy atom. The Balaban J connectivity index is 1.87. The highest BCUT2D eigenvalue weighted by atomic mass is 35.5. The van der Waals surface area contributed by atoms with Crippen molar-refractivity contribution in [1.82, 2.24) is 9.78 Å². The second-order valence-corrected chi connectivity index (χ2v) is 5.85. The van der Waals surface area contributed by atoms with Gasteiger partial charge >= 0.3 is 0 Å². The summed E-state index contributed by atoms with van der Waals surface area (Å²) in [6.45, 7) is 2.46. The van der Waals surface area contributed by atoms with E-state index in [9.17, 15) is 0 Å². The highest BCUT2D eigenvalue weighted by molar-refractivity contribution is 6.32. The summed E-state index contributed by atoms with van der Waals surface area (Å²) in [6.07, 6.45) is 1.74. The second-order valence-electron chi connectivity index (χ2n) is 5.45. The Labute approximate surface area is 140 Å². The molecule has 5 heteroatoms. The number of nitrogen functional groups attached to an aromatic ring is 1. The number of nitrogens with zero attached hydrogens (tertiary/aromatic N) is 2. The van der Waals surface area contributed by atoms with E-state index in [-0.39, 0.29) is 0 Å². The lowest BCUT2D eigenvalue weighted by molar-refractivity contribution is 0.304. The van der Waals surface area contributed by atoms with E-state index >= 15 is 0 Å². The number of benzene rings is 2. The van der Waals surface area contributed by atoms with Gasteiger partial charge in [-0.25, -0.2) is 0 Å². The maximum Gasteiger partial charge on any atom is 0.141 e. The molecule has 0 amide bonds. The first-order chi connectivity index (χ1) is 11.1. The summed E-state index contributed by atoms with van der Waals surface area (Å²) in [6, 6.07) is 13.9. The molecule has 0 saturated carbocycles. The van der Waals surface area contributed by atoms with Crippen LogP contribution >= 0.6 is 11.6 Å². The number of rotatable bonds is 4. The van der Waals surface area contributed by atoms with Crippen LogP contribution < -0.4 is 10.5 Å². The highest BCUT2D eigenvalue weighted by Crippen LogP contribution is 2.36. The molecule has 0 aliphatic rings. The van der Waals surface area contributed by atoms with Gasteiger partial charge < -0.3 is 10.5 Å². The molecule has 0 aliphatic carbocycles. The summed E-state index contributed by atoms with van der Waals surface area (Å²) in [5.41, 5.74) is 9.90. The fourth-order valence-corrected chi connectivity index (χ4v) is 2.79. The van der Waals surface area contributed by atoms with E-state index in [4.69, 9.17) is 22.1 Å². The van der Waals surface area contributed by atoms with E-state index in [1.807, 2.05) is 56.4 Å². The molecule has 3 rings (SSSR count). The van der Waals surface area contributed by atoms with Crippen LogP contribution in [0.1, 0.15) is 11.1 Å². The fourth-order valence-electron chi connectivity index (χ4n) is 2.47. The molecule has 0 saturated heterocycles. The first-order valence-electron chi connectivity index (χ1n) is 7.31. The minimum Gasteiger partial charge on any atom is -0.487 e. The lowest BCUT2D eigenvalue weighted by atomic mass is 10.1. The highest BCUT2D eigenvalue weighted by Gasteiger charge is 2.13. The zero-order valence-corrected chi connectivity index (χ0v) is 13.8. The van der Waals surface area contributed by atoms with Crippen molar-refractivity contribution in [3.8, 4) is 16.9 Å². The normalized spacial score (nSPS) is 10.7. The molecule has 0 unspecified atom stereocenters. The van der Waals surface area contributed by atoms with Crippen molar-refractivity contribution < 1.29 is 4.74 Å². The molecule has 1 heterocycles. The van der Waals surface area contributed by atoms with Crippen molar-refractivity contribution in [2.24, 2.45) is 7.05 Å². The smallest absolute Gasteiger partial charge is 0.141 e. The number of aromatic nitrogens is 2. The molecule has 2 N–H and O–H groups in total. The van der Waals surface area contributed by atoms with Gasteiger partial charge in [-0.2, -0.15) is 5.10 Å². The van der Waals surface area contributed by atoms with E-state index in [0.717, 1.165) is 22.3 Å². The number of halogens is 1. The Hall–Kier alpha value is -2.46. The number of anilines is 1. The van der Waals surface area contributed by atoms with Gasteiger partial charge in [-0.3, -0.25) is 4.68 Å². The molecule has 118 valence electrons. The molecule has 3 aromatic rings. The molecule has 0 fully saturated rings. The number of hydrogen-bond acceptors (Lipinski definition) is 3. The van der Waals surface area contributed by atoms with Gasteiger partial charge in [0, 0.05) is 12.6 Å².